The molecule has 0 aromatic heterocycles. The minimum Gasteiger partial charge on any atom is -0.356 e. The molecule has 122 valence electrons. The van der Waals surface area contributed by atoms with Crippen molar-refractivity contribution < 1.29 is 9.59 Å². The first-order chi connectivity index (χ1) is 9.83. The first-order valence-corrected chi connectivity index (χ1v) is 8.14. The minimum absolute atomic E-state index is 0.0485. The number of hydrogen-bond donors (Lipinski definition) is 2. The van der Waals surface area contributed by atoms with Crippen molar-refractivity contribution in [2.45, 2.75) is 58.9 Å². The maximum absolute atomic E-state index is 12.1. The van der Waals surface area contributed by atoms with E-state index in [0.29, 0.717) is 19.6 Å². The predicted octanol–water partition coefficient (Wildman–Crippen LogP) is 1.53. The van der Waals surface area contributed by atoms with E-state index in [-0.39, 0.29) is 23.3 Å². The van der Waals surface area contributed by atoms with E-state index in [1.165, 1.54) is 0 Å². The summed E-state index contributed by atoms with van der Waals surface area (Å²) in [6, 6.07) is 0. The maximum Gasteiger partial charge on any atom is 0.236 e. The van der Waals surface area contributed by atoms with E-state index >= 15 is 0 Å². The molecule has 0 unspecified atom stereocenters. The smallest absolute Gasteiger partial charge is 0.236 e. The van der Waals surface area contributed by atoms with E-state index in [0.717, 1.165) is 32.2 Å². The zero-order valence-corrected chi connectivity index (χ0v) is 14.0. The summed E-state index contributed by atoms with van der Waals surface area (Å²) in [7, 11) is 0. The SMILES string of the molecule is CCCCNC(=O)C1CCN(C(=O)CNC(C)(C)C)CC1. The summed E-state index contributed by atoms with van der Waals surface area (Å²) in [4.78, 5) is 25.9. The van der Waals surface area contributed by atoms with E-state index in [9.17, 15) is 9.59 Å². The molecule has 1 aliphatic heterocycles. The van der Waals surface area contributed by atoms with Crippen LogP contribution in [0.2, 0.25) is 0 Å². The lowest BCUT2D eigenvalue weighted by Crippen LogP contribution is -2.48. The zero-order chi connectivity index (χ0) is 15.9. The Balaban J connectivity index is 2.28. The molecule has 0 aliphatic carbocycles. The van der Waals surface area contributed by atoms with Crippen LogP contribution in [0.25, 0.3) is 0 Å². The number of unbranched alkanes of at least 4 members (excludes halogenated alkanes) is 1. The monoisotopic (exact) mass is 297 g/mol. The van der Waals surface area contributed by atoms with Gasteiger partial charge in [-0.05, 0) is 40.0 Å². The molecule has 21 heavy (non-hydrogen) atoms. The van der Waals surface area contributed by atoms with Crippen LogP contribution in [0.15, 0.2) is 0 Å². The van der Waals surface area contributed by atoms with Crippen LogP contribution >= 0.6 is 0 Å². The van der Waals surface area contributed by atoms with Crippen LogP contribution in [0.5, 0.6) is 0 Å². The topological polar surface area (TPSA) is 61.4 Å². The third kappa shape index (κ3) is 6.93. The second kappa shape index (κ2) is 8.37. The molecule has 1 heterocycles. The predicted molar refractivity (Wildman–Crippen MR) is 85.0 cm³/mol. The van der Waals surface area contributed by atoms with E-state index < -0.39 is 0 Å². The van der Waals surface area contributed by atoms with Gasteiger partial charge >= 0.3 is 0 Å². The summed E-state index contributed by atoms with van der Waals surface area (Å²) in [5.41, 5.74) is -0.0485. The van der Waals surface area contributed by atoms with Gasteiger partial charge in [-0.25, -0.2) is 0 Å². The molecule has 5 heteroatoms. The molecule has 5 nitrogen and oxygen atoms in total. The van der Waals surface area contributed by atoms with Gasteiger partial charge in [-0.2, -0.15) is 0 Å². The highest BCUT2D eigenvalue weighted by molar-refractivity contribution is 5.80. The van der Waals surface area contributed by atoms with Gasteiger partial charge in [-0.15, -0.1) is 0 Å². The average molecular weight is 297 g/mol. The Morgan fingerprint density at radius 1 is 1.19 bits per heavy atom. The molecule has 1 rings (SSSR count). The lowest BCUT2D eigenvalue weighted by atomic mass is 9.95. The van der Waals surface area contributed by atoms with Gasteiger partial charge in [0.25, 0.3) is 0 Å². The number of piperidine rings is 1. The van der Waals surface area contributed by atoms with Gasteiger partial charge in [0.05, 0.1) is 6.54 Å². The van der Waals surface area contributed by atoms with Crippen LogP contribution in [0.3, 0.4) is 0 Å². The molecule has 0 atom stereocenters. The quantitative estimate of drug-likeness (QED) is 0.731. The fourth-order valence-electron chi connectivity index (χ4n) is 2.38. The van der Waals surface area contributed by atoms with Crippen molar-refractivity contribution >= 4 is 11.8 Å². The standard InChI is InChI=1S/C16H31N3O2/c1-5-6-9-17-15(21)13-7-10-19(11-8-13)14(20)12-18-16(2,3)4/h13,18H,5-12H2,1-4H3,(H,17,21). The van der Waals surface area contributed by atoms with Crippen LogP contribution in [-0.4, -0.2) is 48.4 Å². The van der Waals surface area contributed by atoms with E-state index in [1.807, 2.05) is 25.7 Å². The number of carbonyl (C=O) groups is 2. The fourth-order valence-corrected chi connectivity index (χ4v) is 2.38. The van der Waals surface area contributed by atoms with E-state index in [4.69, 9.17) is 0 Å². The van der Waals surface area contributed by atoms with Gasteiger partial charge in [0, 0.05) is 31.1 Å². The van der Waals surface area contributed by atoms with Crippen molar-refractivity contribution in [2.24, 2.45) is 5.92 Å². The summed E-state index contributed by atoms with van der Waals surface area (Å²) >= 11 is 0. The van der Waals surface area contributed by atoms with Crippen LogP contribution in [0.4, 0.5) is 0 Å². The number of nitrogens with one attached hydrogen (secondary N) is 2. The van der Waals surface area contributed by atoms with Crippen LogP contribution < -0.4 is 10.6 Å². The maximum atomic E-state index is 12.1. The molecule has 2 amide bonds. The lowest BCUT2D eigenvalue weighted by molar-refractivity contribution is -0.135. The minimum atomic E-state index is -0.0485. The number of amides is 2. The summed E-state index contributed by atoms with van der Waals surface area (Å²) in [5, 5.41) is 6.20. The first-order valence-electron chi connectivity index (χ1n) is 8.14. The zero-order valence-electron chi connectivity index (χ0n) is 14.0. The van der Waals surface area contributed by atoms with Crippen molar-refractivity contribution in [3.63, 3.8) is 0 Å². The average Bonchev–Trinajstić information content (AvgIpc) is 2.44. The third-order valence-corrected chi connectivity index (χ3v) is 3.82. The molecule has 2 N–H and O–H groups in total. The number of rotatable bonds is 6. The molecule has 1 fully saturated rings. The van der Waals surface area contributed by atoms with Crippen molar-refractivity contribution in [2.75, 3.05) is 26.2 Å². The highest BCUT2D eigenvalue weighted by atomic mass is 16.2. The molecule has 1 aliphatic rings. The van der Waals surface area contributed by atoms with Crippen LogP contribution in [-0.2, 0) is 9.59 Å². The summed E-state index contributed by atoms with van der Waals surface area (Å²) < 4.78 is 0. The van der Waals surface area contributed by atoms with Crippen LogP contribution in [0, 0.1) is 5.92 Å². The Bertz CT molecular complexity index is 342. The molecule has 0 radical (unpaired) electrons. The van der Waals surface area contributed by atoms with Crippen molar-refractivity contribution in [3.8, 4) is 0 Å². The summed E-state index contributed by atoms with van der Waals surface area (Å²) in [5.74, 6) is 0.361. The van der Waals surface area contributed by atoms with Gasteiger partial charge in [0.1, 0.15) is 0 Å². The Labute approximate surface area is 128 Å². The molecule has 0 saturated carbocycles. The Morgan fingerprint density at radius 3 is 2.33 bits per heavy atom. The highest BCUT2D eigenvalue weighted by Crippen LogP contribution is 2.17. The van der Waals surface area contributed by atoms with Gasteiger partial charge in [0.2, 0.25) is 11.8 Å². The number of carbonyl (C=O) groups excluding carboxylic acids is 2. The van der Waals surface area contributed by atoms with Gasteiger partial charge in [-0.3, -0.25) is 9.59 Å². The lowest BCUT2D eigenvalue weighted by Gasteiger charge is -2.32. The van der Waals surface area contributed by atoms with Crippen molar-refractivity contribution in [1.29, 1.82) is 0 Å². The number of likely N-dealkylation sites (tertiary alicyclic amines) is 1. The third-order valence-electron chi connectivity index (χ3n) is 3.82. The summed E-state index contributed by atoms with van der Waals surface area (Å²) in [6.45, 7) is 10.8. The number of nitrogens with zero attached hydrogens (tertiary/aromatic N) is 1. The first kappa shape index (κ1) is 18.0. The molecule has 0 aromatic carbocycles. The molecular weight excluding hydrogens is 266 g/mol. The highest BCUT2D eigenvalue weighted by Gasteiger charge is 2.27. The molecule has 0 spiro atoms. The Kier molecular flexibility index (Phi) is 7.15. The van der Waals surface area contributed by atoms with Gasteiger partial charge < -0.3 is 15.5 Å². The second-order valence-corrected chi connectivity index (χ2v) is 6.90. The van der Waals surface area contributed by atoms with Crippen LogP contribution in [0.1, 0.15) is 53.4 Å². The Hall–Kier alpha value is -1.10. The molecule has 0 aromatic rings. The number of hydrogen-bond acceptors (Lipinski definition) is 3. The van der Waals surface area contributed by atoms with Gasteiger partial charge in [0.15, 0.2) is 0 Å². The molecule has 1 saturated heterocycles. The van der Waals surface area contributed by atoms with Crippen molar-refractivity contribution in [1.82, 2.24) is 15.5 Å². The van der Waals surface area contributed by atoms with Gasteiger partial charge in [-0.1, -0.05) is 13.3 Å². The largest absolute Gasteiger partial charge is 0.356 e. The fraction of sp³-hybridized carbons (Fsp3) is 0.875. The van der Waals surface area contributed by atoms with Crippen molar-refractivity contribution in [3.05, 3.63) is 0 Å². The summed E-state index contributed by atoms with van der Waals surface area (Å²) in [6.07, 6.45) is 3.67. The van der Waals surface area contributed by atoms with E-state index in [2.05, 4.69) is 17.6 Å². The molecular formula is C16H31N3O2. The normalized spacial score (nSPS) is 16.9. The Morgan fingerprint density at radius 2 is 1.81 bits per heavy atom. The van der Waals surface area contributed by atoms with E-state index in [1.54, 1.807) is 0 Å². The second-order valence-electron chi connectivity index (χ2n) is 6.90. The molecule has 0 bridgehead atoms.